The third-order valence-electron chi connectivity index (χ3n) is 3.79. The monoisotopic (exact) mass is 374 g/mol. The summed E-state index contributed by atoms with van der Waals surface area (Å²) in [6.07, 6.45) is 3.07. The number of carbonyl (C=O) groups excluding carboxylic acids is 2. The van der Waals surface area contributed by atoms with Gasteiger partial charge in [-0.1, -0.05) is 19.9 Å². The first-order valence-electron chi connectivity index (χ1n) is 8.53. The van der Waals surface area contributed by atoms with E-state index < -0.39 is 17.8 Å². The molecule has 2 amide bonds. The number of aromatic nitrogens is 1. The molecule has 0 saturated heterocycles. The number of nitrogens with two attached hydrogens (primary N) is 1. The van der Waals surface area contributed by atoms with Crippen molar-refractivity contribution >= 4 is 11.8 Å². The summed E-state index contributed by atoms with van der Waals surface area (Å²) >= 11 is 0. The smallest absolute Gasteiger partial charge is 0.239 e. The Labute approximate surface area is 157 Å². The summed E-state index contributed by atoms with van der Waals surface area (Å²) in [5.74, 6) is -0.871. The summed E-state index contributed by atoms with van der Waals surface area (Å²) in [5, 5.41) is 5.08. The van der Waals surface area contributed by atoms with Crippen LogP contribution in [0, 0.1) is 11.7 Å². The second-order valence-electron chi connectivity index (χ2n) is 6.32. The lowest BCUT2D eigenvalue weighted by molar-refractivity contribution is -0.127. The van der Waals surface area contributed by atoms with E-state index in [2.05, 4.69) is 15.6 Å². The lowest BCUT2D eigenvalue weighted by Crippen LogP contribution is -2.47. The minimum atomic E-state index is -0.667. The minimum absolute atomic E-state index is 0.0246. The van der Waals surface area contributed by atoms with E-state index in [4.69, 9.17) is 10.5 Å². The first-order chi connectivity index (χ1) is 12.9. The van der Waals surface area contributed by atoms with Crippen molar-refractivity contribution in [1.29, 1.82) is 0 Å². The number of hydrogen-bond acceptors (Lipinski definition) is 5. The Balaban J connectivity index is 1.83. The number of carbonyl (C=O) groups is 2. The predicted octanol–water partition coefficient (Wildman–Crippen LogP) is 1.73. The van der Waals surface area contributed by atoms with Crippen LogP contribution in [0.25, 0.3) is 0 Å². The number of amides is 2. The number of pyridine rings is 1. The van der Waals surface area contributed by atoms with Crippen molar-refractivity contribution in [3.8, 4) is 11.5 Å². The van der Waals surface area contributed by atoms with Crippen LogP contribution in [0.1, 0.15) is 19.4 Å². The molecule has 7 nitrogen and oxygen atoms in total. The molecule has 2 aromatic rings. The minimum Gasteiger partial charge on any atom is -0.453 e. The molecule has 27 heavy (non-hydrogen) atoms. The lowest BCUT2D eigenvalue weighted by atomic mass is 10.1. The number of hydrogen-bond donors (Lipinski definition) is 3. The number of rotatable bonds is 8. The molecule has 1 heterocycles. The molecule has 0 aliphatic rings. The molecule has 1 aromatic heterocycles. The van der Waals surface area contributed by atoms with Crippen molar-refractivity contribution in [3.63, 3.8) is 0 Å². The number of ether oxygens (including phenoxy) is 1. The molecule has 144 valence electrons. The summed E-state index contributed by atoms with van der Waals surface area (Å²) in [5.41, 5.74) is 6.26. The van der Waals surface area contributed by atoms with E-state index in [1.807, 2.05) is 13.8 Å². The second kappa shape index (κ2) is 9.63. The molecule has 1 atom stereocenters. The SMILES string of the molecule is CC(C)[C@H](N)C(=O)NCC(=O)NCc1ccc(Oc2cccnc2)c(F)c1. The standard InChI is InChI=1S/C19H23FN4O3/c1-12(2)18(21)19(26)24-11-17(25)23-9-13-5-6-16(15(20)8-13)27-14-4-3-7-22-10-14/h3-8,10,12,18H,9,11,21H2,1-2H3,(H,23,25)(H,24,26)/t18-/m0/s1. The summed E-state index contributed by atoms with van der Waals surface area (Å²) in [7, 11) is 0. The average molecular weight is 374 g/mol. The van der Waals surface area contributed by atoms with Gasteiger partial charge in [-0.3, -0.25) is 14.6 Å². The van der Waals surface area contributed by atoms with E-state index in [9.17, 15) is 14.0 Å². The molecule has 0 unspecified atom stereocenters. The van der Waals surface area contributed by atoms with E-state index in [1.54, 1.807) is 24.4 Å². The highest BCUT2D eigenvalue weighted by Crippen LogP contribution is 2.24. The number of nitrogens with one attached hydrogen (secondary N) is 2. The van der Waals surface area contributed by atoms with Gasteiger partial charge in [0.25, 0.3) is 0 Å². The first kappa shape index (κ1) is 20.3. The van der Waals surface area contributed by atoms with Crippen LogP contribution < -0.4 is 21.1 Å². The molecule has 0 spiro atoms. The summed E-state index contributed by atoms with van der Waals surface area (Å²) in [6.45, 7) is 3.57. The zero-order valence-electron chi connectivity index (χ0n) is 15.2. The van der Waals surface area contributed by atoms with E-state index in [0.29, 0.717) is 11.3 Å². The molecule has 4 N–H and O–H groups in total. The van der Waals surface area contributed by atoms with Crippen molar-refractivity contribution in [1.82, 2.24) is 15.6 Å². The summed E-state index contributed by atoms with van der Waals surface area (Å²) in [6, 6.07) is 7.08. The van der Waals surface area contributed by atoms with Crippen LogP contribution in [0.3, 0.4) is 0 Å². The van der Waals surface area contributed by atoms with Gasteiger partial charge >= 0.3 is 0 Å². The van der Waals surface area contributed by atoms with E-state index >= 15 is 0 Å². The third-order valence-corrected chi connectivity index (χ3v) is 3.79. The zero-order valence-corrected chi connectivity index (χ0v) is 15.2. The van der Waals surface area contributed by atoms with Crippen molar-refractivity contribution in [2.75, 3.05) is 6.54 Å². The molecule has 1 aromatic carbocycles. The Morgan fingerprint density at radius 2 is 2.04 bits per heavy atom. The van der Waals surface area contributed by atoms with Crippen molar-refractivity contribution in [3.05, 3.63) is 54.1 Å². The molecular formula is C19H23FN4O3. The lowest BCUT2D eigenvalue weighted by Gasteiger charge is -2.15. The fraction of sp³-hybridized carbons (Fsp3) is 0.316. The Morgan fingerprint density at radius 3 is 2.67 bits per heavy atom. The molecule has 8 heteroatoms. The van der Waals surface area contributed by atoms with E-state index in [1.165, 1.54) is 18.3 Å². The van der Waals surface area contributed by atoms with Gasteiger partial charge in [-0.2, -0.15) is 0 Å². The Morgan fingerprint density at radius 1 is 1.26 bits per heavy atom. The fourth-order valence-electron chi connectivity index (χ4n) is 2.12. The highest BCUT2D eigenvalue weighted by molar-refractivity contribution is 5.87. The predicted molar refractivity (Wildman–Crippen MR) is 98.4 cm³/mol. The second-order valence-corrected chi connectivity index (χ2v) is 6.32. The maximum Gasteiger partial charge on any atom is 0.239 e. The van der Waals surface area contributed by atoms with Gasteiger partial charge in [0.05, 0.1) is 18.8 Å². The largest absolute Gasteiger partial charge is 0.453 e. The topological polar surface area (TPSA) is 106 Å². The van der Waals surface area contributed by atoms with Crippen LogP contribution in [-0.4, -0.2) is 29.4 Å². The summed E-state index contributed by atoms with van der Waals surface area (Å²) < 4.78 is 19.6. The van der Waals surface area contributed by atoms with Crippen LogP contribution in [0.2, 0.25) is 0 Å². The van der Waals surface area contributed by atoms with Crippen LogP contribution in [0.15, 0.2) is 42.7 Å². The van der Waals surface area contributed by atoms with Gasteiger partial charge in [-0.15, -0.1) is 0 Å². The van der Waals surface area contributed by atoms with Crippen molar-refractivity contribution in [2.45, 2.75) is 26.4 Å². The maximum absolute atomic E-state index is 14.1. The van der Waals surface area contributed by atoms with Gasteiger partial charge in [-0.05, 0) is 35.7 Å². The van der Waals surface area contributed by atoms with Crippen LogP contribution >= 0.6 is 0 Å². The van der Waals surface area contributed by atoms with Gasteiger partial charge in [0, 0.05) is 12.7 Å². The van der Waals surface area contributed by atoms with Crippen LogP contribution in [-0.2, 0) is 16.1 Å². The number of halogens is 1. The third kappa shape index (κ3) is 6.34. The normalized spacial score (nSPS) is 11.7. The zero-order chi connectivity index (χ0) is 19.8. The average Bonchev–Trinajstić information content (AvgIpc) is 2.66. The molecule has 0 saturated carbocycles. The maximum atomic E-state index is 14.1. The molecule has 0 radical (unpaired) electrons. The number of benzene rings is 1. The molecular weight excluding hydrogens is 351 g/mol. The van der Waals surface area contributed by atoms with Crippen LogP contribution in [0.4, 0.5) is 4.39 Å². The van der Waals surface area contributed by atoms with Gasteiger partial charge in [0.2, 0.25) is 11.8 Å². The van der Waals surface area contributed by atoms with Gasteiger partial charge < -0.3 is 21.1 Å². The Bertz CT molecular complexity index is 784. The first-order valence-corrected chi connectivity index (χ1v) is 8.53. The van der Waals surface area contributed by atoms with Crippen molar-refractivity contribution < 1.29 is 18.7 Å². The van der Waals surface area contributed by atoms with E-state index in [-0.39, 0.29) is 30.7 Å². The summed E-state index contributed by atoms with van der Waals surface area (Å²) in [4.78, 5) is 27.4. The molecule has 2 rings (SSSR count). The van der Waals surface area contributed by atoms with Crippen LogP contribution in [0.5, 0.6) is 11.5 Å². The fourth-order valence-corrected chi connectivity index (χ4v) is 2.12. The highest BCUT2D eigenvalue weighted by atomic mass is 19.1. The van der Waals surface area contributed by atoms with Gasteiger partial charge in [0.15, 0.2) is 11.6 Å². The molecule has 0 fully saturated rings. The Hall–Kier alpha value is -3.00. The van der Waals surface area contributed by atoms with E-state index in [0.717, 1.165) is 0 Å². The van der Waals surface area contributed by atoms with Gasteiger partial charge in [-0.25, -0.2) is 4.39 Å². The molecule has 0 aliphatic carbocycles. The highest BCUT2D eigenvalue weighted by Gasteiger charge is 2.17. The Kier molecular flexibility index (Phi) is 7.25. The molecule has 0 bridgehead atoms. The quantitative estimate of drug-likeness (QED) is 0.652. The van der Waals surface area contributed by atoms with Crippen molar-refractivity contribution in [2.24, 2.45) is 11.7 Å². The molecule has 0 aliphatic heterocycles. The van der Waals surface area contributed by atoms with Gasteiger partial charge in [0.1, 0.15) is 5.75 Å². The number of nitrogens with zero attached hydrogens (tertiary/aromatic N) is 1.